The zero-order chi connectivity index (χ0) is 21.8. The van der Waals surface area contributed by atoms with Crippen LogP contribution in [0.1, 0.15) is 23.3 Å². The fourth-order valence-electron chi connectivity index (χ4n) is 3.53. The predicted molar refractivity (Wildman–Crippen MR) is 118 cm³/mol. The number of benzene rings is 2. The minimum absolute atomic E-state index is 0.0754. The van der Waals surface area contributed by atoms with E-state index in [4.69, 9.17) is 4.42 Å². The van der Waals surface area contributed by atoms with Gasteiger partial charge in [0, 0.05) is 13.0 Å². The smallest absolute Gasteiger partial charge is 0.317 e. The van der Waals surface area contributed by atoms with Crippen LogP contribution in [-0.2, 0) is 24.4 Å². The standard InChI is InChI=1S/C24H23N3O4/c1-17-8-10-18(11-9-17)16-27-21-7-3-2-6-20(21)26(23(29)24(27)30)13-12-22(28)25-15-19-5-4-14-31-19/h2-11,14H,12-13,15-16H2,1H3,(H,25,28). The van der Waals surface area contributed by atoms with Crippen LogP contribution in [0.2, 0.25) is 0 Å². The average molecular weight is 417 g/mol. The molecule has 0 saturated heterocycles. The summed E-state index contributed by atoms with van der Waals surface area (Å²) in [4.78, 5) is 38.0. The van der Waals surface area contributed by atoms with E-state index in [2.05, 4.69) is 5.32 Å². The van der Waals surface area contributed by atoms with Crippen LogP contribution in [0.3, 0.4) is 0 Å². The number of fused-ring (bicyclic) bond motifs is 1. The summed E-state index contributed by atoms with van der Waals surface area (Å²) in [5, 5.41) is 2.75. The first kappa shape index (κ1) is 20.4. The van der Waals surface area contributed by atoms with Crippen LogP contribution < -0.4 is 16.4 Å². The molecule has 31 heavy (non-hydrogen) atoms. The number of amides is 1. The molecule has 4 rings (SSSR count). The molecule has 2 aromatic carbocycles. The first-order chi connectivity index (χ1) is 15.0. The van der Waals surface area contributed by atoms with Gasteiger partial charge >= 0.3 is 11.1 Å². The molecule has 0 unspecified atom stereocenters. The Hall–Kier alpha value is -3.87. The van der Waals surface area contributed by atoms with Crippen LogP contribution in [0, 0.1) is 6.92 Å². The Labute approximate surface area is 178 Å². The van der Waals surface area contributed by atoms with Gasteiger partial charge in [0.1, 0.15) is 5.76 Å². The van der Waals surface area contributed by atoms with Crippen LogP contribution in [-0.4, -0.2) is 15.0 Å². The highest BCUT2D eigenvalue weighted by atomic mass is 16.3. The number of aromatic nitrogens is 2. The van der Waals surface area contributed by atoms with Gasteiger partial charge < -0.3 is 14.3 Å². The summed E-state index contributed by atoms with van der Waals surface area (Å²) in [6, 6.07) is 18.6. The summed E-state index contributed by atoms with van der Waals surface area (Å²) in [5.74, 6) is 0.422. The zero-order valence-corrected chi connectivity index (χ0v) is 17.2. The molecule has 0 atom stereocenters. The maximum Gasteiger partial charge on any atom is 0.317 e. The summed E-state index contributed by atoms with van der Waals surface area (Å²) in [6.45, 7) is 2.69. The lowest BCUT2D eigenvalue weighted by Crippen LogP contribution is -2.42. The Balaban J connectivity index is 1.60. The van der Waals surface area contributed by atoms with Gasteiger partial charge in [0.15, 0.2) is 0 Å². The molecule has 0 radical (unpaired) electrons. The van der Waals surface area contributed by atoms with Crippen LogP contribution in [0.4, 0.5) is 0 Å². The third kappa shape index (κ3) is 4.50. The minimum atomic E-state index is -0.635. The molecule has 2 heterocycles. The fourth-order valence-corrected chi connectivity index (χ4v) is 3.53. The second-order valence-electron chi connectivity index (χ2n) is 7.43. The van der Waals surface area contributed by atoms with Crippen molar-refractivity contribution in [1.82, 2.24) is 14.5 Å². The van der Waals surface area contributed by atoms with Gasteiger partial charge in [-0.2, -0.15) is 0 Å². The van der Waals surface area contributed by atoms with Gasteiger partial charge in [-0.25, -0.2) is 0 Å². The molecule has 0 fully saturated rings. The van der Waals surface area contributed by atoms with Crippen molar-refractivity contribution in [3.8, 4) is 0 Å². The van der Waals surface area contributed by atoms with Crippen molar-refractivity contribution in [3.05, 3.63) is 105 Å². The van der Waals surface area contributed by atoms with Crippen molar-refractivity contribution >= 4 is 16.9 Å². The lowest BCUT2D eigenvalue weighted by molar-refractivity contribution is -0.121. The Morgan fingerprint density at radius 3 is 2.26 bits per heavy atom. The Kier molecular flexibility index (Phi) is 5.84. The maximum absolute atomic E-state index is 12.9. The number of rotatable bonds is 7. The molecule has 0 spiro atoms. The highest BCUT2D eigenvalue weighted by Gasteiger charge is 2.14. The first-order valence-electron chi connectivity index (χ1n) is 10.1. The quantitative estimate of drug-likeness (QED) is 0.469. The number of nitrogens with zero attached hydrogens (tertiary/aromatic N) is 2. The third-order valence-corrected chi connectivity index (χ3v) is 5.20. The Morgan fingerprint density at radius 2 is 1.58 bits per heavy atom. The van der Waals surface area contributed by atoms with Gasteiger partial charge in [-0.05, 0) is 36.8 Å². The molecule has 158 valence electrons. The number of para-hydroxylation sites is 2. The largest absolute Gasteiger partial charge is 0.467 e. The number of aryl methyl sites for hydroxylation is 2. The molecule has 0 bridgehead atoms. The van der Waals surface area contributed by atoms with Gasteiger partial charge in [0.05, 0.1) is 30.4 Å². The van der Waals surface area contributed by atoms with E-state index >= 15 is 0 Å². The van der Waals surface area contributed by atoms with E-state index < -0.39 is 11.1 Å². The van der Waals surface area contributed by atoms with Crippen LogP contribution in [0.15, 0.2) is 80.9 Å². The highest BCUT2D eigenvalue weighted by molar-refractivity contribution is 5.77. The van der Waals surface area contributed by atoms with Gasteiger partial charge in [-0.3, -0.25) is 19.0 Å². The predicted octanol–water partition coefficient (Wildman–Crippen LogP) is 2.82. The minimum Gasteiger partial charge on any atom is -0.467 e. The average Bonchev–Trinajstić information content (AvgIpc) is 3.30. The van der Waals surface area contributed by atoms with Crippen molar-refractivity contribution in [3.63, 3.8) is 0 Å². The van der Waals surface area contributed by atoms with E-state index in [0.29, 0.717) is 23.3 Å². The molecular weight excluding hydrogens is 394 g/mol. The van der Waals surface area contributed by atoms with Crippen molar-refractivity contribution < 1.29 is 9.21 Å². The molecule has 0 aliphatic heterocycles. The monoisotopic (exact) mass is 417 g/mol. The normalized spacial score (nSPS) is 11.0. The maximum atomic E-state index is 12.9. The van der Waals surface area contributed by atoms with Gasteiger partial charge in [0.25, 0.3) is 0 Å². The highest BCUT2D eigenvalue weighted by Crippen LogP contribution is 2.13. The van der Waals surface area contributed by atoms with Crippen molar-refractivity contribution in [1.29, 1.82) is 0 Å². The Bertz CT molecular complexity index is 1320. The Morgan fingerprint density at radius 1 is 0.903 bits per heavy atom. The topological polar surface area (TPSA) is 86.2 Å². The molecule has 7 nitrogen and oxygen atoms in total. The van der Waals surface area contributed by atoms with Crippen LogP contribution >= 0.6 is 0 Å². The molecule has 2 aromatic heterocycles. The summed E-state index contributed by atoms with van der Waals surface area (Å²) in [5.41, 5.74) is 2.11. The molecule has 0 saturated carbocycles. The van der Waals surface area contributed by atoms with Crippen molar-refractivity contribution in [2.24, 2.45) is 0 Å². The summed E-state index contributed by atoms with van der Waals surface area (Å²) < 4.78 is 8.07. The molecule has 1 amide bonds. The van der Waals surface area contributed by atoms with Crippen molar-refractivity contribution in [2.75, 3.05) is 0 Å². The van der Waals surface area contributed by atoms with E-state index in [1.807, 2.05) is 49.4 Å². The van der Waals surface area contributed by atoms with E-state index in [-0.39, 0.29) is 25.4 Å². The SMILES string of the molecule is Cc1ccc(Cn2c(=O)c(=O)n(CCC(=O)NCc3ccco3)c3ccccc32)cc1. The van der Waals surface area contributed by atoms with E-state index in [9.17, 15) is 14.4 Å². The van der Waals surface area contributed by atoms with E-state index in [1.165, 1.54) is 9.13 Å². The fraction of sp³-hybridized carbons (Fsp3) is 0.208. The number of nitrogens with one attached hydrogen (secondary N) is 1. The molecular formula is C24H23N3O4. The second kappa shape index (κ2) is 8.87. The molecule has 0 aliphatic rings. The first-order valence-corrected chi connectivity index (χ1v) is 10.1. The third-order valence-electron chi connectivity index (χ3n) is 5.20. The number of furan rings is 1. The molecule has 4 aromatic rings. The lowest BCUT2D eigenvalue weighted by Gasteiger charge is -2.15. The van der Waals surface area contributed by atoms with Crippen LogP contribution in [0.5, 0.6) is 0 Å². The number of carbonyl (C=O) groups excluding carboxylic acids is 1. The van der Waals surface area contributed by atoms with Gasteiger partial charge in [-0.15, -0.1) is 0 Å². The van der Waals surface area contributed by atoms with Gasteiger partial charge in [0.2, 0.25) is 5.91 Å². The zero-order valence-electron chi connectivity index (χ0n) is 17.2. The van der Waals surface area contributed by atoms with E-state index in [1.54, 1.807) is 24.5 Å². The number of hydrogen-bond acceptors (Lipinski definition) is 4. The second-order valence-corrected chi connectivity index (χ2v) is 7.43. The molecule has 0 aliphatic carbocycles. The van der Waals surface area contributed by atoms with Crippen molar-refractivity contribution in [2.45, 2.75) is 33.0 Å². The summed E-state index contributed by atoms with van der Waals surface area (Å²) in [7, 11) is 0. The number of hydrogen-bond donors (Lipinski definition) is 1. The lowest BCUT2D eigenvalue weighted by atomic mass is 10.1. The summed E-state index contributed by atoms with van der Waals surface area (Å²) in [6.07, 6.45) is 1.62. The summed E-state index contributed by atoms with van der Waals surface area (Å²) >= 11 is 0. The van der Waals surface area contributed by atoms with Crippen LogP contribution in [0.25, 0.3) is 11.0 Å². The molecule has 7 heteroatoms. The molecule has 1 N–H and O–H groups in total. The van der Waals surface area contributed by atoms with E-state index in [0.717, 1.165) is 11.1 Å². The number of carbonyl (C=O) groups is 1. The van der Waals surface area contributed by atoms with Gasteiger partial charge in [-0.1, -0.05) is 42.0 Å².